The molecule has 2 N–H and O–H groups in total. The third kappa shape index (κ3) is 4.63. The highest BCUT2D eigenvalue weighted by Crippen LogP contribution is 2.09. The predicted octanol–water partition coefficient (Wildman–Crippen LogP) is 3.02. The summed E-state index contributed by atoms with van der Waals surface area (Å²) < 4.78 is 1.97. The normalized spacial score (nSPS) is 10.4. The summed E-state index contributed by atoms with van der Waals surface area (Å²) in [5.41, 5.74) is 4.11. The van der Waals surface area contributed by atoms with Gasteiger partial charge in [0, 0.05) is 24.5 Å². The molecule has 5 nitrogen and oxygen atoms in total. The number of aromatic nitrogens is 2. The molecule has 2 amide bonds. The molecule has 0 aliphatic rings. The summed E-state index contributed by atoms with van der Waals surface area (Å²) in [5, 5.41) is 10.1. The predicted molar refractivity (Wildman–Crippen MR) is 84.5 cm³/mol. The highest BCUT2D eigenvalue weighted by atomic mass is 16.2. The van der Waals surface area contributed by atoms with E-state index in [4.69, 9.17) is 0 Å². The molecule has 0 bridgehead atoms. The largest absolute Gasteiger partial charge is 0.338 e. The molecule has 0 aliphatic carbocycles. The Hall–Kier alpha value is -2.30. The molecule has 2 aromatic rings. The van der Waals surface area contributed by atoms with Crippen LogP contribution in [-0.2, 0) is 6.54 Å². The summed E-state index contributed by atoms with van der Waals surface area (Å²) in [6, 6.07) is 9.62. The number of aryl methyl sites for hydroxylation is 4. The van der Waals surface area contributed by atoms with Gasteiger partial charge in [-0.3, -0.25) is 4.68 Å². The number of hydrogen-bond acceptors (Lipinski definition) is 2. The maximum atomic E-state index is 11.8. The maximum absolute atomic E-state index is 11.8. The molecule has 0 radical (unpaired) electrons. The smallest absolute Gasteiger partial charge is 0.319 e. The molecule has 1 heterocycles. The van der Waals surface area contributed by atoms with Crippen LogP contribution < -0.4 is 10.6 Å². The van der Waals surface area contributed by atoms with E-state index in [-0.39, 0.29) is 6.03 Å². The summed E-state index contributed by atoms with van der Waals surface area (Å²) in [6.07, 6.45) is 0.850. The van der Waals surface area contributed by atoms with Crippen molar-refractivity contribution in [2.24, 2.45) is 0 Å². The third-order valence-corrected chi connectivity index (χ3v) is 3.21. The van der Waals surface area contributed by atoms with Gasteiger partial charge in [0.15, 0.2) is 0 Å². The third-order valence-electron chi connectivity index (χ3n) is 3.21. The van der Waals surface area contributed by atoms with E-state index in [1.54, 1.807) is 0 Å². The highest BCUT2D eigenvalue weighted by Gasteiger charge is 2.03. The quantitative estimate of drug-likeness (QED) is 0.830. The second kappa shape index (κ2) is 6.92. The van der Waals surface area contributed by atoms with Gasteiger partial charge < -0.3 is 10.6 Å². The van der Waals surface area contributed by atoms with Crippen LogP contribution in [0.3, 0.4) is 0 Å². The summed E-state index contributed by atoms with van der Waals surface area (Å²) in [5.74, 6) is 0. The van der Waals surface area contributed by atoms with Gasteiger partial charge in [-0.25, -0.2) is 4.79 Å². The van der Waals surface area contributed by atoms with Crippen LogP contribution >= 0.6 is 0 Å². The first kappa shape index (κ1) is 15.1. The van der Waals surface area contributed by atoms with E-state index >= 15 is 0 Å². The molecule has 21 heavy (non-hydrogen) atoms. The van der Waals surface area contributed by atoms with E-state index in [1.165, 1.54) is 0 Å². The lowest BCUT2D eigenvalue weighted by molar-refractivity contribution is 0.251. The number of benzene rings is 1. The number of rotatable bonds is 5. The molecule has 0 unspecified atom stereocenters. The van der Waals surface area contributed by atoms with Crippen molar-refractivity contribution in [3.8, 4) is 0 Å². The molecular formula is C16H22N4O. The van der Waals surface area contributed by atoms with Crippen LogP contribution in [0, 0.1) is 20.8 Å². The molecule has 0 saturated heterocycles. The molecular weight excluding hydrogens is 264 g/mol. The maximum Gasteiger partial charge on any atom is 0.319 e. The molecule has 1 aromatic carbocycles. The van der Waals surface area contributed by atoms with Gasteiger partial charge in [-0.2, -0.15) is 5.10 Å². The fourth-order valence-corrected chi connectivity index (χ4v) is 2.23. The van der Waals surface area contributed by atoms with E-state index in [1.807, 2.05) is 49.7 Å². The fourth-order valence-electron chi connectivity index (χ4n) is 2.23. The average Bonchev–Trinajstić information content (AvgIpc) is 2.73. The lowest BCUT2D eigenvalue weighted by Gasteiger charge is -2.09. The van der Waals surface area contributed by atoms with Crippen LogP contribution in [0.25, 0.3) is 0 Å². The molecule has 0 aliphatic heterocycles. The minimum Gasteiger partial charge on any atom is -0.338 e. The second-order valence-electron chi connectivity index (χ2n) is 5.25. The van der Waals surface area contributed by atoms with Gasteiger partial charge in [-0.15, -0.1) is 0 Å². The summed E-state index contributed by atoms with van der Waals surface area (Å²) in [7, 11) is 0. The van der Waals surface area contributed by atoms with E-state index in [2.05, 4.69) is 21.8 Å². The molecule has 112 valence electrons. The Bertz CT molecular complexity index is 618. The van der Waals surface area contributed by atoms with Crippen molar-refractivity contribution in [3.63, 3.8) is 0 Å². The lowest BCUT2D eigenvalue weighted by Crippen LogP contribution is -2.30. The van der Waals surface area contributed by atoms with Gasteiger partial charge in [-0.05, 0) is 51.0 Å². The zero-order valence-corrected chi connectivity index (χ0v) is 12.8. The number of anilines is 1. The van der Waals surface area contributed by atoms with Gasteiger partial charge in [0.05, 0.1) is 5.69 Å². The average molecular weight is 286 g/mol. The van der Waals surface area contributed by atoms with Crippen LogP contribution in [-0.4, -0.2) is 22.4 Å². The van der Waals surface area contributed by atoms with Gasteiger partial charge >= 0.3 is 6.03 Å². The van der Waals surface area contributed by atoms with E-state index in [0.717, 1.165) is 35.6 Å². The first-order chi connectivity index (χ1) is 10.0. The topological polar surface area (TPSA) is 59.0 Å². The zero-order chi connectivity index (χ0) is 15.2. The van der Waals surface area contributed by atoms with Gasteiger partial charge in [0.25, 0.3) is 0 Å². The number of hydrogen-bond donors (Lipinski definition) is 2. The fraction of sp³-hybridized carbons (Fsp3) is 0.375. The number of carbonyl (C=O) groups is 1. The Balaban J connectivity index is 1.71. The highest BCUT2D eigenvalue weighted by molar-refractivity contribution is 5.89. The van der Waals surface area contributed by atoms with Crippen LogP contribution in [0.1, 0.15) is 23.4 Å². The van der Waals surface area contributed by atoms with E-state index in [0.29, 0.717) is 6.54 Å². The zero-order valence-electron chi connectivity index (χ0n) is 12.8. The number of urea groups is 1. The monoisotopic (exact) mass is 286 g/mol. The molecule has 0 atom stereocenters. The summed E-state index contributed by atoms with van der Waals surface area (Å²) in [6.45, 7) is 7.45. The Morgan fingerprint density at radius 2 is 2.05 bits per heavy atom. The van der Waals surface area contributed by atoms with Gasteiger partial charge in [-0.1, -0.05) is 12.1 Å². The minimum absolute atomic E-state index is 0.172. The van der Waals surface area contributed by atoms with Crippen LogP contribution in [0.2, 0.25) is 0 Å². The molecule has 1 aromatic heterocycles. The minimum atomic E-state index is -0.172. The number of nitrogens with zero attached hydrogens (tertiary/aromatic N) is 2. The van der Waals surface area contributed by atoms with Gasteiger partial charge in [0.1, 0.15) is 0 Å². The van der Waals surface area contributed by atoms with Crippen molar-refractivity contribution in [2.45, 2.75) is 33.7 Å². The number of amides is 2. The van der Waals surface area contributed by atoms with Crippen molar-refractivity contribution in [2.75, 3.05) is 11.9 Å². The lowest BCUT2D eigenvalue weighted by atomic mass is 10.2. The van der Waals surface area contributed by atoms with Crippen molar-refractivity contribution >= 4 is 11.7 Å². The molecule has 0 fully saturated rings. The van der Waals surface area contributed by atoms with E-state index < -0.39 is 0 Å². The molecule has 5 heteroatoms. The Morgan fingerprint density at radius 3 is 2.71 bits per heavy atom. The molecule has 2 rings (SSSR count). The van der Waals surface area contributed by atoms with Crippen LogP contribution in [0.4, 0.5) is 10.5 Å². The van der Waals surface area contributed by atoms with E-state index in [9.17, 15) is 4.79 Å². The summed E-state index contributed by atoms with van der Waals surface area (Å²) >= 11 is 0. The molecule has 0 saturated carbocycles. The van der Waals surface area contributed by atoms with Crippen LogP contribution in [0.15, 0.2) is 30.3 Å². The SMILES string of the molecule is Cc1cccc(NC(=O)NCCCn2nc(C)cc2C)c1. The molecule has 0 spiro atoms. The van der Waals surface area contributed by atoms with Crippen molar-refractivity contribution in [3.05, 3.63) is 47.3 Å². The Labute approximate surface area is 125 Å². The number of carbonyl (C=O) groups excluding carboxylic acids is 1. The van der Waals surface area contributed by atoms with Crippen molar-refractivity contribution in [1.29, 1.82) is 0 Å². The van der Waals surface area contributed by atoms with Crippen molar-refractivity contribution in [1.82, 2.24) is 15.1 Å². The Kier molecular flexibility index (Phi) is 4.98. The number of nitrogens with one attached hydrogen (secondary N) is 2. The summed E-state index contributed by atoms with van der Waals surface area (Å²) in [4.78, 5) is 11.8. The standard InChI is InChI=1S/C16H22N4O/c1-12-6-4-7-15(10-12)18-16(21)17-8-5-9-20-14(3)11-13(2)19-20/h4,6-7,10-11H,5,8-9H2,1-3H3,(H2,17,18,21). The second-order valence-corrected chi connectivity index (χ2v) is 5.25. The Morgan fingerprint density at radius 1 is 1.24 bits per heavy atom. The van der Waals surface area contributed by atoms with Crippen LogP contribution in [0.5, 0.6) is 0 Å². The first-order valence-corrected chi connectivity index (χ1v) is 7.17. The van der Waals surface area contributed by atoms with Gasteiger partial charge in [0.2, 0.25) is 0 Å². The van der Waals surface area contributed by atoms with Crippen molar-refractivity contribution < 1.29 is 4.79 Å². The first-order valence-electron chi connectivity index (χ1n) is 7.17.